The molecule has 1 N–H and O–H groups in total. The summed E-state index contributed by atoms with van der Waals surface area (Å²) in [4.78, 5) is 15.4. The van der Waals surface area contributed by atoms with E-state index in [2.05, 4.69) is 46.6 Å². The first kappa shape index (κ1) is 15.9. The molecule has 0 radical (unpaired) electrons. The smallest absolute Gasteiger partial charge is 0.226 e. The molecule has 0 bridgehead atoms. The van der Waals surface area contributed by atoms with E-state index < -0.39 is 0 Å². The number of carbonyl (C=O) groups excluding carboxylic acids is 1. The molecule has 3 nitrogen and oxygen atoms in total. The van der Waals surface area contributed by atoms with Crippen LogP contribution in [-0.2, 0) is 17.8 Å². The van der Waals surface area contributed by atoms with Gasteiger partial charge in [0.1, 0.15) is 0 Å². The summed E-state index contributed by atoms with van der Waals surface area (Å²) in [6.07, 6.45) is 11.4. The number of carbonyl (C=O) groups is 1. The second kappa shape index (κ2) is 6.72. The third kappa shape index (κ3) is 3.14. The van der Waals surface area contributed by atoms with E-state index in [1.165, 1.54) is 36.9 Å². The fourth-order valence-corrected chi connectivity index (χ4v) is 4.67. The summed E-state index contributed by atoms with van der Waals surface area (Å²) in [5.74, 6) is 1.09. The SMILES string of the molecule is O=C1NCc2ccccc2CC12CCN(CC1CC=CCC1)CC2. The molecule has 1 fully saturated rings. The Morgan fingerprint density at radius 1 is 1.12 bits per heavy atom. The van der Waals surface area contributed by atoms with Gasteiger partial charge in [-0.1, -0.05) is 36.4 Å². The molecule has 0 saturated carbocycles. The van der Waals surface area contributed by atoms with Crippen LogP contribution in [0.15, 0.2) is 36.4 Å². The number of rotatable bonds is 2. The van der Waals surface area contributed by atoms with Crippen LogP contribution in [0.4, 0.5) is 0 Å². The van der Waals surface area contributed by atoms with Crippen molar-refractivity contribution in [2.45, 2.75) is 45.1 Å². The van der Waals surface area contributed by atoms with E-state index in [1.807, 2.05) is 0 Å². The number of hydrogen-bond donors (Lipinski definition) is 1. The van der Waals surface area contributed by atoms with E-state index in [0.717, 1.165) is 38.3 Å². The Morgan fingerprint density at radius 2 is 1.92 bits per heavy atom. The molecule has 1 aliphatic carbocycles. The maximum absolute atomic E-state index is 12.8. The molecule has 1 unspecified atom stereocenters. The summed E-state index contributed by atoms with van der Waals surface area (Å²) < 4.78 is 0. The van der Waals surface area contributed by atoms with Crippen LogP contribution < -0.4 is 5.32 Å². The van der Waals surface area contributed by atoms with Gasteiger partial charge in [-0.3, -0.25) is 4.79 Å². The minimum atomic E-state index is -0.185. The van der Waals surface area contributed by atoms with Crippen LogP contribution in [0.3, 0.4) is 0 Å². The Balaban J connectivity index is 1.43. The minimum absolute atomic E-state index is 0.185. The van der Waals surface area contributed by atoms with Crippen molar-refractivity contribution in [3.63, 3.8) is 0 Å². The van der Waals surface area contributed by atoms with Crippen LogP contribution in [0.5, 0.6) is 0 Å². The Morgan fingerprint density at radius 3 is 2.67 bits per heavy atom. The summed E-state index contributed by atoms with van der Waals surface area (Å²) >= 11 is 0. The van der Waals surface area contributed by atoms with Gasteiger partial charge >= 0.3 is 0 Å². The minimum Gasteiger partial charge on any atom is -0.352 e. The molecule has 2 aliphatic heterocycles. The molecule has 1 spiro atoms. The number of nitrogens with zero attached hydrogens (tertiary/aromatic N) is 1. The molecule has 4 rings (SSSR count). The predicted octanol–water partition coefficient (Wildman–Crippen LogP) is 3.30. The number of piperidine rings is 1. The molecule has 1 saturated heterocycles. The quantitative estimate of drug-likeness (QED) is 0.847. The predicted molar refractivity (Wildman–Crippen MR) is 96.6 cm³/mol. The molecule has 0 aromatic heterocycles. The van der Waals surface area contributed by atoms with Crippen molar-refractivity contribution in [2.24, 2.45) is 11.3 Å². The number of fused-ring (bicyclic) bond motifs is 1. The standard InChI is InChI=1S/C21H28N2O/c24-20-21(14-18-8-4-5-9-19(18)15-22-20)10-12-23(13-11-21)16-17-6-2-1-3-7-17/h1-2,4-5,8-9,17H,3,6-7,10-16H2,(H,22,24). The van der Waals surface area contributed by atoms with Gasteiger partial charge in [0.05, 0.1) is 5.41 Å². The van der Waals surface area contributed by atoms with E-state index in [4.69, 9.17) is 0 Å². The van der Waals surface area contributed by atoms with Crippen molar-refractivity contribution < 1.29 is 4.79 Å². The summed E-state index contributed by atoms with van der Waals surface area (Å²) in [6, 6.07) is 8.54. The third-order valence-corrected chi connectivity index (χ3v) is 6.28. The molecule has 128 valence electrons. The maximum Gasteiger partial charge on any atom is 0.226 e. The van der Waals surface area contributed by atoms with Crippen molar-refractivity contribution >= 4 is 5.91 Å². The van der Waals surface area contributed by atoms with Gasteiger partial charge < -0.3 is 10.2 Å². The Kier molecular flexibility index (Phi) is 4.45. The number of amides is 1. The molecule has 1 aromatic rings. The van der Waals surface area contributed by atoms with Crippen molar-refractivity contribution in [1.82, 2.24) is 10.2 Å². The van der Waals surface area contributed by atoms with Crippen LogP contribution in [-0.4, -0.2) is 30.4 Å². The fourth-order valence-electron chi connectivity index (χ4n) is 4.67. The second-order valence-corrected chi connectivity index (χ2v) is 7.86. The molecule has 24 heavy (non-hydrogen) atoms. The molecule has 1 amide bonds. The first-order valence-electron chi connectivity index (χ1n) is 9.48. The number of benzene rings is 1. The summed E-state index contributed by atoms with van der Waals surface area (Å²) in [5, 5.41) is 3.19. The lowest BCUT2D eigenvalue weighted by Gasteiger charge is -2.41. The van der Waals surface area contributed by atoms with Crippen LogP contribution in [0.25, 0.3) is 0 Å². The average molecular weight is 324 g/mol. The van der Waals surface area contributed by atoms with Gasteiger partial charge in [-0.25, -0.2) is 0 Å². The molecule has 1 atom stereocenters. The lowest BCUT2D eigenvalue weighted by atomic mass is 9.73. The largest absolute Gasteiger partial charge is 0.352 e. The highest BCUT2D eigenvalue weighted by atomic mass is 16.2. The van der Waals surface area contributed by atoms with Crippen LogP contribution >= 0.6 is 0 Å². The van der Waals surface area contributed by atoms with Crippen LogP contribution in [0, 0.1) is 11.3 Å². The molecule has 3 heteroatoms. The Labute approximate surface area is 145 Å². The summed E-state index contributed by atoms with van der Waals surface area (Å²) in [7, 11) is 0. The van der Waals surface area contributed by atoms with Gasteiger partial charge in [0.15, 0.2) is 0 Å². The van der Waals surface area contributed by atoms with E-state index >= 15 is 0 Å². The first-order chi connectivity index (χ1) is 11.8. The Hall–Kier alpha value is -1.61. The number of nitrogens with one attached hydrogen (secondary N) is 1. The highest BCUT2D eigenvalue weighted by Gasteiger charge is 2.43. The van der Waals surface area contributed by atoms with Gasteiger partial charge in [0.2, 0.25) is 5.91 Å². The normalized spacial score (nSPS) is 26.7. The number of likely N-dealkylation sites (tertiary alicyclic amines) is 1. The summed E-state index contributed by atoms with van der Waals surface area (Å²) in [6.45, 7) is 4.03. The topological polar surface area (TPSA) is 32.3 Å². The second-order valence-electron chi connectivity index (χ2n) is 7.86. The van der Waals surface area contributed by atoms with Crippen molar-refractivity contribution in [3.05, 3.63) is 47.5 Å². The average Bonchev–Trinajstić information content (AvgIpc) is 2.76. The zero-order chi connectivity index (χ0) is 16.4. The first-order valence-corrected chi connectivity index (χ1v) is 9.48. The molecular weight excluding hydrogens is 296 g/mol. The lowest BCUT2D eigenvalue weighted by Crippen LogP contribution is -2.49. The summed E-state index contributed by atoms with van der Waals surface area (Å²) in [5.41, 5.74) is 2.47. The van der Waals surface area contributed by atoms with E-state index in [0.29, 0.717) is 6.54 Å². The van der Waals surface area contributed by atoms with Gasteiger partial charge in [0, 0.05) is 13.1 Å². The lowest BCUT2D eigenvalue weighted by molar-refractivity contribution is -0.133. The van der Waals surface area contributed by atoms with Gasteiger partial charge in [-0.15, -0.1) is 0 Å². The third-order valence-electron chi connectivity index (χ3n) is 6.28. The van der Waals surface area contributed by atoms with Crippen molar-refractivity contribution in [2.75, 3.05) is 19.6 Å². The van der Waals surface area contributed by atoms with Gasteiger partial charge in [0.25, 0.3) is 0 Å². The van der Waals surface area contributed by atoms with E-state index in [9.17, 15) is 4.79 Å². The molecule has 3 aliphatic rings. The maximum atomic E-state index is 12.8. The van der Waals surface area contributed by atoms with Crippen LogP contribution in [0.2, 0.25) is 0 Å². The van der Waals surface area contributed by atoms with Gasteiger partial charge in [-0.05, 0) is 68.7 Å². The molecule has 2 heterocycles. The fraction of sp³-hybridized carbons (Fsp3) is 0.571. The van der Waals surface area contributed by atoms with E-state index in [-0.39, 0.29) is 11.3 Å². The van der Waals surface area contributed by atoms with Crippen molar-refractivity contribution in [1.29, 1.82) is 0 Å². The zero-order valence-electron chi connectivity index (χ0n) is 14.5. The highest BCUT2D eigenvalue weighted by molar-refractivity contribution is 5.83. The van der Waals surface area contributed by atoms with Crippen molar-refractivity contribution in [3.8, 4) is 0 Å². The van der Waals surface area contributed by atoms with Crippen LogP contribution in [0.1, 0.15) is 43.2 Å². The highest BCUT2D eigenvalue weighted by Crippen LogP contribution is 2.38. The number of allylic oxidation sites excluding steroid dienone is 2. The zero-order valence-corrected chi connectivity index (χ0v) is 14.5. The van der Waals surface area contributed by atoms with E-state index in [1.54, 1.807) is 0 Å². The molecule has 1 aromatic carbocycles. The number of hydrogen-bond acceptors (Lipinski definition) is 2. The molecular formula is C21H28N2O. The Bertz CT molecular complexity index is 628. The monoisotopic (exact) mass is 324 g/mol. The van der Waals surface area contributed by atoms with Gasteiger partial charge in [-0.2, -0.15) is 0 Å².